The van der Waals surface area contributed by atoms with Crippen molar-refractivity contribution < 1.29 is 18.7 Å². The smallest absolute Gasteiger partial charge is 0.335 e. The van der Waals surface area contributed by atoms with E-state index in [0.29, 0.717) is 19.1 Å². The summed E-state index contributed by atoms with van der Waals surface area (Å²) in [7, 11) is 0. The van der Waals surface area contributed by atoms with Gasteiger partial charge in [-0.25, -0.2) is 13.6 Å². The third-order valence-electron chi connectivity index (χ3n) is 4.40. The molecule has 1 unspecified atom stereocenters. The maximum atomic E-state index is 14.1. The molecule has 4 nitrogen and oxygen atoms in total. The van der Waals surface area contributed by atoms with E-state index in [-0.39, 0.29) is 11.3 Å². The molecule has 1 atom stereocenters. The van der Waals surface area contributed by atoms with Crippen LogP contribution in [-0.4, -0.2) is 48.2 Å². The van der Waals surface area contributed by atoms with Crippen molar-refractivity contribution in [1.29, 1.82) is 0 Å². The van der Waals surface area contributed by atoms with Crippen molar-refractivity contribution in [2.24, 2.45) is 0 Å². The zero-order chi connectivity index (χ0) is 15.0. The van der Waals surface area contributed by atoms with Crippen LogP contribution >= 0.6 is 0 Å². The summed E-state index contributed by atoms with van der Waals surface area (Å²) in [5, 5.41) is 8.82. The largest absolute Gasteiger partial charge is 0.478 e. The summed E-state index contributed by atoms with van der Waals surface area (Å²) in [6.07, 6.45) is 3.26. The summed E-state index contributed by atoms with van der Waals surface area (Å²) in [5.41, 5.74) is -0.453. The van der Waals surface area contributed by atoms with Gasteiger partial charge in [-0.15, -0.1) is 0 Å². The Hall–Kier alpha value is -1.69. The summed E-state index contributed by atoms with van der Waals surface area (Å²) in [4.78, 5) is 14.9. The summed E-state index contributed by atoms with van der Waals surface area (Å²) < 4.78 is 28.1. The Morgan fingerprint density at radius 2 is 1.76 bits per heavy atom. The lowest BCUT2D eigenvalue weighted by Gasteiger charge is -2.25. The van der Waals surface area contributed by atoms with Gasteiger partial charge in [-0.3, -0.25) is 4.90 Å². The lowest BCUT2D eigenvalue weighted by molar-refractivity contribution is 0.0695. The molecule has 1 aromatic rings. The predicted molar refractivity (Wildman–Crippen MR) is 74.7 cm³/mol. The molecule has 2 aliphatic heterocycles. The molecule has 114 valence electrons. The SMILES string of the molecule is O=C(O)c1cc(F)c(N2CCC(N3CCCC3)C2)c(F)c1. The molecule has 2 saturated heterocycles. The molecule has 2 heterocycles. The maximum absolute atomic E-state index is 14.1. The monoisotopic (exact) mass is 296 g/mol. The van der Waals surface area contributed by atoms with Crippen LogP contribution in [-0.2, 0) is 0 Å². The van der Waals surface area contributed by atoms with Crippen LogP contribution in [0.25, 0.3) is 0 Å². The quantitative estimate of drug-likeness (QED) is 0.930. The van der Waals surface area contributed by atoms with Crippen molar-refractivity contribution in [3.63, 3.8) is 0 Å². The fourth-order valence-corrected chi connectivity index (χ4v) is 3.34. The lowest BCUT2D eigenvalue weighted by atomic mass is 10.1. The van der Waals surface area contributed by atoms with E-state index in [1.807, 2.05) is 0 Å². The molecular formula is C15H18F2N2O2. The van der Waals surface area contributed by atoms with E-state index in [4.69, 9.17) is 5.11 Å². The number of halogens is 2. The first-order chi connectivity index (χ1) is 10.1. The number of carbonyl (C=O) groups is 1. The first-order valence-corrected chi connectivity index (χ1v) is 7.27. The fraction of sp³-hybridized carbons (Fsp3) is 0.533. The predicted octanol–water partition coefficient (Wildman–Crippen LogP) is 2.34. The van der Waals surface area contributed by atoms with Crippen molar-refractivity contribution in [3.8, 4) is 0 Å². The fourth-order valence-electron chi connectivity index (χ4n) is 3.34. The highest BCUT2D eigenvalue weighted by molar-refractivity contribution is 5.88. The highest BCUT2D eigenvalue weighted by atomic mass is 19.1. The molecule has 6 heteroatoms. The van der Waals surface area contributed by atoms with Crippen molar-refractivity contribution in [3.05, 3.63) is 29.3 Å². The van der Waals surface area contributed by atoms with Crippen molar-refractivity contribution in [2.75, 3.05) is 31.1 Å². The number of carboxylic acids is 1. The molecule has 0 amide bonds. The minimum Gasteiger partial charge on any atom is -0.478 e. The van der Waals surface area contributed by atoms with Gasteiger partial charge >= 0.3 is 5.97 Å². The number of nitrogens with zero attached hydrogens (tertiary/aromatic N) is 2. The van der Waals surface area contributed by atoms with Gasteiger partial charge in [0.15, 0.2) is 0 Å². The summed E-state index contributed by atoms with van der Waals surface area (Å²) in [6.45, 7) is 3.31. The van der Waals surface area contributed by atoms with E-state index in [2.05, 4.69) is 4.90 Å². The second-order valence-electron chi connectivity index (χ2n) is 5.73. The van der Waals surface area contributed by atoms with E-state index in [0.717, 1.165) is 31.6 Å². The Kier molecular flexibility index (Phi) is 3.80. The molecule has 0 aromatic heterocycles. The Balaban J connectivity index is 1.80. The summed E-state index contributed by atoms with van der Waals surface area (Å²) >= 11 is 0. The van der Waals surface area contributed by atoms with Crippen LogP contribution in [0.5, 0.6) is 0 Å². The summed E-state index contributed by atoms with van der Waals surface area (Å²) in [5.74, 6) is -2.92. The summed E-state index contributed by atoms with van der Waals surface area (Å²) in [6, 6.07) is 2.12. The minimum absolute atomic E-state index is 0.0957. The van der Waals surface area contributed by atoms with Gasteiger partial charge in [0.1, 0.15) is 17.3 Å². The van der Waals surface area contributed by atoms with Gasteiger partial charge in [-0.2, -0.15) is 0 Å². The average molecular weight is 296 g/mol. The van der Waals surface area contributed by atoms with Gasteiger partial charge < -0.3 is 10.0 Å². The number of aromatic carboxylic acids is 1. The van der Waals surface area contributed by atoms with Gasteiger partial charge in [0.2, 0.25) is 0 Å². The van der Waals surface area contributed by atoms with Crippen LogP contribution in [0.2, 0.25) is 0 Å². The first kappa shape index (κ1) is 14.3. The number of hydrogen-bond acceptors (Lipinski definition) is 3. The maximum Gasteiger partial charge on any atom is 0.335 e. The Bertz CT molecular complexity index is 536. The zero-order valence-electron chi connectivity index (χ0n) is 11.7. The number of hydrogen-bond donors (Lipinski definition) is 1. The van der Waals surface area contributed by atoms with Gasteiger partial charge in [0.25, 0.3) is 0 Å². The second-order valence-corrected chi connectivity index (χ2v) is 5.73. The van der Waals surface area contributed by atoms with E-state index in [1.54, 1.807) is 4.90 Å². The van der Waals surface area contributed by atoms with Crippen LogP contribution in [0, 0.1) is 11.6 Å². The van der Waals surface area contributed by atoms with E-state index < -0.39 is 17.6 Å². The molecule has 2 fully saturated rings. The molecule has 0 radical (unpaired) electrons. The van der Waals surface area contributed by atoms with Crippen molar-refractivity contribution in [2.45, 2.75) is 25.3 Å². The average Bonchev–Trinajstić information content (AvgIpc) is 3.08. The third-order valence-corrected chi connectivity index (χ3v) is 4.40. The zero-order valence-corrected chi connectivity index (χ0v) is 11.7. The highest BCUT2D eigenvalue weighted by Gasteiger charge is 2.32. The molecule has 0 bridgehead atoms. The van der Waals surface area contributed by atoms with E-state index >= 15 is 0 Å². The molecule has 0 saturated carbocycles. The number of likely N-dealkylation sites (tertiary alicyclic amines) is 1. The van der Waals surface area contributed by atoms with Gasteiger partial charge in [0.05, 0.1) is 5.56 Å². The molecule has 1 aromatic carbocycles. The Morgan fingerprint density at radius 1 is 1.14 bits per heavy atom. The molecule has 21 heavy (non-hydrogen) atoms. The highest BCUT2D eigenvalue weighted by Crippen LogP contribution is 2.30. The number of benzene rings is 1. The minimum atomic E-state index is -1.32. The number of anilines is 1. The first-order valence-electron chi connectivity index (χ1n) is 7.27. The molecule has 0 spiro atoms. The van der Waals surface area contributed by atoms with Crippen LogP contribution in [0.3, 0.4) is 0 Å². The molecular weight excluding hydrogens is 278 g/mol. The molecule has 3 rings (SSSR count). The van der Waals surface area contributed by atoms with Crippen LogP contribution in [0.4, 0.5) is 14.5 Å². The van der Waals surface area contributed by atoms with Crippen molar-refractivity contribution >= 4 is 11.7 Å². The Morgan fingerprint density at radius 3 is 2.33 bits per heavy atom. The van der Waals surface area contributed by atoms with Crippen LogP contribution < -0.4 is 4.90 Å². The van der Waals surface area contributed by atoms with Gasteiger partial charge in [-0.1, -0.05) is 0 Å². The normalized spacial score (nSPS) is 23.0. The second kappa shape index (κ2) is 5.60. The lowest BCUT2D eigenvalue weighted by Crippen LogP contribution is -2.35. The Labute approximate surface area is 122 Å². The molecule has 1 N–H and O–H groups in total. The van der Waals surface area contributed by atoms with Crippen LogP contribution in [0.15, 0.2) is 12.1 Å². The molecule has 2 aliphatic rings. The van der Waals surface area contributed by atoms with Gasteiger partial charge in [-0.05, 0) is 44.5 Å². The van der Waals surface area contributed by atoms with Gasteiger partial charge in [0, 0.05) is 19.1 Å². The number of carboxylic acid groups (broad SMARTS) is 1. The molecule has 0 aliphatic carbocycles. The number of rotatable bonds is 3. The third kappa shape index (κ3) is 2.72. The van der Waals surface area contributed by atoms with Crippen molar-refractivity contribution in [1.82, 2.24) is 4.90 Å². The van der Waals surface area contributed by atoms with E-state index in [9.17, 15) is 13.6 Å². The topological polar surface area (TPSA) is 43.8 Å². The van der Waals surface area contributed by atoms with Crippen LogP contribution in [0.1, 0.15) is 29.6 Å². The van der Waals surface area contributed by atoms with E-state index in [1.165, 1.54) is 12.8 Å². The standard InChI is InChI=1S/C15H18F2N2O2/c16-12-7-10(15(20)21)8-13(17)14(12)19-6-3-11(9-19)18-4-1-2-5-18/h7-8,11H,1-6,9H2,(H,20,21).